The number of amides is 2. The van der Waals surface area contributed by atoms with Crippen molar-refractivity contribution in [3.63, 3.8) is 0 Å². The second-order valence-electron chi connectivity index (χ2n) is 15.9. The largest absolute Gasteiger partial charge is 0.744 e. The van der Waals surface area contributed by atoms with Crippen molar-refractivity contribution in [3.05, 3.63) is 83.6 Å². The van der Waals surface area contributed by atoms with E-state index in [9.17, 15) is 53.3 Å². The van der Waals surface area contributed by atoms with Crippen molar-refractivity contribution in [2.45, 2.75) is 92.3 Å². The number of nitrogens with zero attached hydrogens (tertiary/aromatic N) is 3. The third kappa shape index (κ3) is 11.6. The lowest BCUT2D eigenvalue weighted by molar-refractivity contribution is -0.441. The number of carbonyl (C=O) groups is 3. The number of hydrogen-bond acceptors (Lipinski definition) is 14. The predicted octanol–water partition coefficient (Wildman–Crippen LogP) is 4.49. The van der Waals surface area contributed by atoms with E-state index in [1.807, 2.05) is 35.5 Å². The van der Waals surface area contributed by atoms with E-state index in [-0.39, 0.29) is 55.1 Å². The van der Waals surface area contributed by atoms with E-state index in [0.717, 1.165) is 5.70 Å². The fraction of sp³-hybridized carbons (Fsp3) is 0.476. The van der Waals surface area contributed by atoms with Gasteiger partial charge in [0.15, 0.2) is 12.3 Å². The number of ether oxygens (including phenoxy) is 2. The van der Waals surface area contributed by atoms with Crippen molar-refractivity contribution < 1.29 is 72.2 Å². The number of imide groups is 1. The standard InChI is InChI=1S/C42H53N3O15S3/c1-41(21-11-27-61(49,50)51)32-28-30(62(52,53)54)16-18-35(32)44(24-26-59-4)36(41)12-7-5-8-13-37-42(2,22-25-58-3)33-29-31(63(55,56)57)15-17-34(33)43(37)23-10-6-9-14-40(48)60-45-38(46)19-20-39(45)47/h5,7-8,12-13,15-18,28-29H,6,9-11,14,19-27H2,1-4H3,(H2-,49,50,51,52,53,54,55,56,57). The highest BCUT2D eigenvalue weighted by Gasteiger charge is 2.48. The van der Waals surface area contributed by atoms with Gasteiger partial charge in [0.05, 0.1) is 21.0 Å². The zero-order valence-electron chi connectivity index (χ0n) is 35.5. The van der Waals surface area contributed by atoms with Gasteiger partial charge < -0.3 is 23.8 Å². The zero-order chi connectivity index (χ0) is 46.4. The summed E-state index contributed by atoms with van der Waals surface area (Å²) >= 11 is 0. The third-order valence-corrected chi connectivity index (χ3v) is 14.1. The first-order valence-electron chi connectivity index (χ1n) is 20.3. The minimum atomic E-state index is -4.80. The van der Waals surface area contributed by atoms with E-state index in [2.05, 4.69) is 0 Å². The molecule has 2 unspecified atom stereocenters. The number of fused-ring (bicyclic) bond motifs is 2. The maximum atomic E-state index is 12.4. The Morgan fingerprint density at radius 3 is 2.13 bits per heavy atom. The Kier molecular flexibility index (Phi) is 15.7. The number of unbranched alkanes of at least 4 members (excludes halogenated alkanes) is 2. The second-order valence-corrected chi connectivity index (χ2v) is 20.3. The van der Waals surface area contributed by atoms with Gasteiger partial charge in [0.1, 0.15) is 16.7 Å². The first kappa shape index (κ1) is 49.4. The fourth-order valence-corrected chi connectivity index (χ4v) is 9.88. The van der Waals surface area contributed by atoms with E-state index in [1.165, 1.54) is 31.4 Å². The molecule has 0 spiro atoms. The van der Waals surface area contributed by atoms with Crippen molar-refractivity contribution in [2.75, 3.05) is 51.2 Å². The molecule has 63 heavy (non-hydrogen) atoms. The minimum absolute atomic E-state index is 0.0118. The minimum Gasteiger partial charge on any atom is -0.744 e. The predicted molar refractivity (Wildman–Crippen MR) is 229 cm³/mol. The number of anilines is 1. The van der Waals surface area contributed by atoms with Crippen LogP contribution in [-0.4, -0.2) is 118 Å². The molecule has 2 atom stereocenters. The zero-order valence-corrected chi connectivity index (χ0v) is 38.0. The summed E-state index contributed by atoms with van der Waals surface area (Å²) in [5.41, 5.74) is 2.04. The molecule has 3 aliphatic heterocycles. The number of methoxy groups -OCH3 is 2. The van der Waals surface area contributed by atoms with Crippen LogP contribution in [0.15, 0.2) is 82.3 Å². The van der Waals surface area contributed by atoms with E-state index in [0.29, 0.717) is 72.0 Å². The number of carbonyl (C=O) groups excluding carboxylic acids is 3. The maximum absolute atomic E-state index is 12.4. The molecule has 3 heterocycles. The van der Waals surface area contributed by atoms with Gasteiger partial charge in [-0.15, -0.1) is 5.06 Å². The number of allylic oxidation sites excluding steroid dienone is 6. The lowest BCUT2D eigenvalue weighted by Crippen LogP contribution is -2.32. The normalized spacial score (nSPS) is 21.2. The molecule has 0 aromatic heterocycles. The Morgan fingerprint density at radius 1 is 0.825 bits per heavy atom. The number of rotatable bonds is 22. The van der Waals surface area contributed by atoms with Gasteiger partial charge in [0, 0.05) is 81.1 Å². The van der Waals surface area contributed by atoms with Crippen LogP contribution in [0.3, 0.4) is 0 Å². The molecule has 18 nitrogen and oxygen atoms in total. The first-order chi connectivity index (χ1) is 29.5. The summed E-state index contributed by atoms with van der Waals surface area (Å²) in [5, 5.41) is 0.512. The number of hydroxylamine groups is 2. The van der Waals surface area contributed by atoms with Crippen LogP contribution < -0.4 is 4.90 Å². The Bertz CT molecular complexity index is 2550. The van der Waals surface area contributed by atoms with E-state index in [4.69, 9.17) is 14.3 Å². The average molecular weight is 936 g/mol. The summed E-state index contributed by atoms with van der Waals surface area (Å²) in [5.74, 6) is -2.36. The van der Waals surface area contributed by atoms with Gasteiger partial charge in [-0.05, 0) is 87.9 Å². The van der Waals surface area contributed by atoms with Crippen molar-refractivity contribution in [3.8, 4) is 0 Å². The van der Waals surface area contributed by atoms with Crippen LogP contribution in [-0.2, 0) is 69.9 Å². The van der Waals surface area contributed by atoms with Crippen LogP contribution in [0.2, 0.25) is 0 Å². The summed E-state index contributed by atoms with van der Waals surface area (Å²) in [6.45, 7) is 5.07. The van der Waals surface area contributed by atoms with Crippen LogP contribution in [0, 0.1) is 0 Å². The Labute approximate surface area is 368 Å². The van der Waals surface area contributed by atoms with Crippen LogP contribution in [0.5, 0.6) is 0 Å². The molecule has 1 fully saturated rings. The number of benzene rings is 2. The Hall–Kier alpha value is -4.61. The van der Waals surface area contributed by atoms with Crippen molar-refractivity contribution >= 4 is 65.2 Å². The monoisotopic (exact) mass is 935 g/mol. The van der Waals surface area contributed by atoms with Crippen LogP contribution >= 0.6 is 0 Å². The quantitative estimate of drug-likeness (QED) is 0.0542. The van der Waals surface area contributed by atoms with E-state index < -0.39 is 64.7 Å². The topological polar surface area (TPSA) is 254 Å². The molecule has 2 amide bonds. The van der Waals surface area contributed by atoms with Gasteiger partial charge in [-0.1, -0.05) is 24.6 Å². The first-order valence-corrected chi connectivity index (χ1v) is 24.7. The van der Waals surface area contributed by atoms with Gasteiger partial charge >= 0.3 is 5.97 Å². The van der Waals surface area contributed by atoms with Gasteiger partial charge in [0.25, 0.3) is 32.1 Å². The summed E-state index contributed by atoms with van der Waals surface area (Å²) in [6.07, 6.45) is 11.0. The molecular formula is C42H53N3O15S3. The highest BCUT2D eigenvalue weighted by molar-refractivity contribution is 7.86. The van der Waals surface area contributed by atoms with Crippen molar-refractivity contribution in [1.29, 1.82) is 0 Å². The van der Waals surface area contributed by atoms with E-state index >= 15 is 0 Å². The molecule has 2 aromatic rings. The molecule has 0 bridgehead atoms. The average Bonchev–Trinajstić information content (AvgIpc) is 3.73. The Balaban J connectivity index is 1.47. The highest BCUT2D eigenvalue weighted by Crippen LogP contribution is 2.51. The second kappa shape index (κ2) is 20.1. The third-order valence-electron chi connectivity index (χ3n) is 11.6. The molecule has 2 aromatic carbocycles. The Morgan fingerprint density at radius 2 is 1.49 bits per heavy atom. The molecule has 2 N–H and O–H groups in total. The summed E-state index contributed by atoms with van der Waals surface area (Å²) in [7, 11) is -10.6. The van der Waals surface area contributed by atoms with Crippen molar-refractivity contribution in [2.24, 2.45) is 0 Å². The molecule has 0 radical (unpaired) electrons. The maximum Gasteiger partial charge on any atom is 0.333 e. The molecular weight excluding hydrogens is 883 g/mol. The summed E-state index contributed by atoms with van der Waals surface area (Å²) in [4.78, 5) is 42.4. The summed E-state index contributed by atoms with van der Waals surface area (Å²) < 4.78 is 117. The lowest BCUT2D eigenvalue weighted by atomic mass is 9.76. The van der Waals surface area contributed by atoms with Gasteiger partial charge in [0.2, 0.25) is 5.69 Å². The molecule has 5 rings (SSSR count). The molecule has 3 aliphatic rings. The molecule has 0 aliphatic carbocycles. The molecule has 21 heteroatoms. The number of hydrogen-bond donors (Lipinski definition) is 2. The van der Waals surface area contributed by atoms with Crippen LogP contribution in [0.25, 0.3) is 0 Å². The molecule has 1 saturated heterocycles. The van der Waals surface area contributed by atoms with Gasteiger partial charge in [-0.2, -0.15) is 21.4 Å². The summed E-state index contributed by atoms with van der Waals surface area (Å²) in [6, 6.07) is 8.46. The molecule has 344 valence electrons. The fourth-order valence-electron chi connectivity index (χ4n) is 8.36. The van der Waals surface area contributed by atoms with Gasteiger partial charge in [-0.3, -0.25) is 18.7 Å². The SMILES string of the molecule is COCC[N+]1=C(/C=C/C=C/C=C2/N(CCCCCC(=O)ON3C(=O)CCC3=O)c3ccc(S(=O)(=O)[O-])cc3C2(C)CCOC)C(C)(CCCS(=O)(=O)O)c2cc(S(=O)(=O)O)ccc21. The highest BCUT2D eigenvalue weighted by atomic mass is 32.2. The lowest BCUT2D eigenvalue weighted by Gasteiger charge is -2.30. The van der Waals surface area contributed by atoms with Gasteiger partial charge in [-0.25, -0.2) is 13.2 Å². The van der Waals surface area contributed by atoms with Crippen molar-refractivity contribution in [1.82, 2.24) is 5.06 Å². The molecule has 0 saturated carbocycles. The van der Waals surface area contributed by atoms with E-state index in [1.54, 1.807) is 37.5 Å². The van der Waals surface area contributed by atoms with Crippen LogP contribution in [0.4, 0.5) is 11.4 Å². The van der Waals surface area contributed by atoms with Crippen LogP contribution in [0.1, 0.15) is 82.8 Å². The smallest absolute Gasteiger partial charge is 0.333 e.